The first-order valence-electron chi connectivity index (χ1n) is 6.94. The number of hydrogen-bond acceptors (Lipinski definition) is 4. The Kier molecular flexibility index (Phi) is 5.57. The van der Waals surface area contributed by atoms with Crippen molar-refractivity contribution in [1.29, 1.82) is 0 Å². The molecule has 0 radical (unpaired) electrons. The highest BCUT2D eigenvalue weighted by atomic mass is 35.5. The van der Waals surface area contributed by atoms with Crippen LogP contribution in [0.25, 0.3) is 16.7 Å². The SMILES string of the molecule is CC.COCc1nc(Cl)c2cnn(-c3ccc(F)cc3F)c2n1. The summed E-state index contributed by atoms with van der Waals surface area (Å²) in [4.78, 5) is 8.30. The molecule has 2 heterocycles. The molecular formula is C15H15ClF2N4O. The molecule has 0 bridgehead atoms. The van der Waals surface area contributed by atoms with E-state index in [1.165, 1.54) is 24.1 Å². The first kappa shape index (κ1) is 17.2. The molecule has 3 aromatic rings. The second kappa shape index (κ2) is 7.43. The van der Waals surface area contributed by atoms with Gasteiger partial charge in [0, 0.05) is 13.2 Å². The first-order chi connectivity index (χ1) is 11.1. The van der Waals surface area contributed by atoms with Gasteiger partial charge in [-0.3, -0.25) is 0 Å². The number of ether oxygens (including phenoxy) is 1. The summed E-state index contributed by atoms with van der Waals surface area (Å²) in [5.74, 6) is -1.07. The average Bonchev–Trinajstić information content (AvgIpc) is 2.94. The lowest BCUT2D eigenvalue weighted by Crippen LogP contribution is -2.04. The summed E-state index contributed by atoms with van der Waals surface area (Å²) in [6.07, 6.45) is 1.43. The Bertz CT molecular complexity index is 823. The van der Waals surface area contributed by atoms with Crippen molar-refractivity contribution >= 4 is 22.6 Å². The van der Waals surface area contributed by atoms with E-state index in [1.807, 2.05) is 13.8 Å². The lowest BCUT2D eigenvalue weighted by atomic mass is 10.3. The van der Waals surface area contributed by atoms with Crippen molar-refractivity contribution < 1.29 is 13.5 Å². The van der Waals surface area contributed by atoms with Gasteiger partial charge in [0.1, 0.15) is 23.3 Å². The molecule has 23 heavy (non-hydrogen) atoms. The number of nitrogens with zero attached hydrogens (tertiary/aromatic N) is 4. The Hall–Kier alpha value is -2.12. The van der Waals surface area contributed by atoms with Crippen molar-refractivity contribution in [2.75, 3.05) is 7.11 Å². The van der Waals surface area contributed by atoms with Gasteiger partial charge in [-0.1, -0.05) is 25.4 Å². The summed E-state index contributed by atoms with van der Waals surface area (Å²) in [6.45, 7) is 4.16. The molecule has 0 aliphatic carbocycles. The van der Waals surface area contributed by atoms with Crippen molar-refractivity contribution in [3.05, 3.63) is 47.0 Å². The minimum atomic E-state index is -0.747. The number of benzene rings is 1. The van der Waals surface area contributed by atoms with E-state index in [2.05, 4.69) is 15.1 Å². The van der Waals surface area contributed by atoms with Crippen LogP contribution in [0, 0.1) is 11.6 Å². The third-order valence-corrected chi connectivity index (χ3v) is 3.13. The highest BCUT2D eigenvalue weighted by molar-refractivity contribution is 6.33. The van der Waals surface area contributed by atoms with Crippen LogP contribution < -0.4 is 0 Å². The zero-order valence-corrected chi connectivity index (χ0v) is 13.6. The van der Waals surface area contributed by atoms with E-state index < -0.39 is 11.6 Å². The Morgan fingerprint density at radius 3 is 2.61 bits per heavy atom. The molecule has 1 aromatic carbocycles. The predicted molar refractivity (Wildman–Crippen MR) is 83.6 cm³/mol. The molecule has 0 N–H and O–H groups in total. The Labute approximate surface area is 136 Å². The molecule has 3 rings (SSSR count). The maximum atomic E-state index is 13.9. The summed E-state index contributed by atoms with van der Waals surface area (Å²) >= 11 is 6.05. The standard InChI is InChI=1S/C13H9ClF2N4O.C2H6/c1-21-6-11-18-12(14)8-5-17-20(13(8)19-11)10-3-2-7(15)4-9(10)16;1-2/h2-5H,6H2,1H3;1-2H3. The van der Waals surface area contributed by atoms with Crippen LogP contribution in [0.3, 0.4) is 0 Å². The van der Waals surface area contributed by atoms with Gasteiger partial charge in [0.15, 0.2) is 17.3 Å². The average molecular weight is 341 g/mol. The van der Waals surface area contributed by atoms with Gasteiger partial charge in [0.2, 0.25) is 0 Å². The molecule has 0 amide bonds. The van der Waals surface area contributed by atoms with Gasteiger partial charge in [0.05, 0.1) is 11.6 Å². The minimum absolute atomic E-state index is 0.0736. The van der Waals surface area contributed by atoms with E-state index in [1.54, 1.807) is 0 Å². The van der Waals surface area contributed by atoms with Crippen molar-refractivity contribution in [2.24, 2.45) is 0 Å². The van der Waals surface area contributed by atoms with Crippen molar-refractivity contribution in [1.82, 2.24) is 19.7 Å². The number of hydrogen-bond donors (Lipinski definition) is 0. The lowest BCUT2D eigenvalue weighted by molar-refractivity contribution is 0.178. The van der Waals surface area contributed by atoms with Crippen LogP contribution in [0.2, 0.25) is 5.15 Å². The van der Waals surface area contributed by atoms with Crippen LogP contribution in [0.1, 0.15) is 19.7 Å². The molecule has 0 spiro atoms. The van der Waals surface area contributed by atoms with Crippen LogP contribution in [0.5, 0.6) is 0 Å². The third-order valence-electron chi connectivity index (χ3n) is 2.84. The van der Waals surface area contributed by atoms with Crippen LogP contribution in [0.4, 0.5) is 8.78 Å². The summed E-state index contributed by atoms with van der Waals surface area (Å²) in [7, 11) is 1.50. The van der Waals surface area contributed by atoms with Gasteiger partial charge in [-0.25, -0.2) is 23.4 Å². The van der Waals surface area contributed by atoms with Crippen molar-refractivity contribution in [2.45, 2.75) is 20.5 Å². The van der Waals surface area contributed by atoms with Crippen molar-refractivity contribution in [3.8, 4) is 5.69 Å². The fraction of sp³-hybridized carbons (Fsp3) is 0.267. The van der Waals surface area contributed by atoms with Crippen LogP contribution in [0.15, 0.2) is 24.4 Å². The molecule has 0 fully saturated rings. The Morgan fingerprint density at radius 1 is 1.22 bits per heavy atom. The van der Waals surface area contributed by atoms with Gasteiger partial charge in [0.25, 0.3) is 0 Å². The summed E-state index contributed by atoms with van der Waals surface area (Å²) < 4.78 is 33.1. The topological polar surface area (TPSA) is 52.8 Å². The maximum Gasteiger partial charge on any atom is 0.168 e. The van der Waals surface area contributed by atoms with Gasteiger partial charge in [-0.2, -0.15) is 5.10 Å². The second-order valence-electron chi connectivity index (χ2n) is 4.25. The quantitative estimate of drug-likeness (QED) is 0.678. The van der Waals surface area contributed by atoms with Gasteiger partial charge in [-0.15, -0.1) is 0 Å². The molecule has 0 aliphatic rings. The molecule has 2 aromatic heterocycles. The van der Waals surface area contributed by atoms with Gasteiger partial charge >= 0.3 is 0 Å². The summed E-state index contributed by atoms with van der Waals surface area (Å²) in [5.41, 5.74) is 0.400. The molecule has 0 aliphatic heterocycles. The molecule has 0 unspecified atom stereocenters. The van der Waals surface area contributed by atoms with E-state index in [-0.39, 0.29) is 17.4 Å². The monoisotopic (exact) mass is 340 g/mol. The lowest BCUT2D eigenvalue weighted by Gasteiger charge is -2.06. The zero-order chi connectivity index (χ0) is 17.0. The first-order valence-corrected chi connectivity index (χ1v) is 7.32. The van der Waals surface area contributed by atoms with Crippen molar-refractivity contribution in [3.63, 3.8) is 0 Å². The van der Waals surface area contributed by atoms with E-state index >= 15 is 0 Å². The number of rotatable bonds is 3. The fourth-order valence-electron chi connectivity index (χ4n) is 1.94. The molecule has 0 saturated carbocycles. The Balaban J connectivity index is 0.000000924. The molecule has 5 nitrogen and oxygen atoms in total. The highest BCUT2D eigenvalue weighted by Crippen LogP contribution is 2.24. The molecule has 8 heteroatoms. The number of fused-ring (bicyclic) bond motifs is 1. The third kappa shape index (κ3) is 3.46. The van der Waals surface area contributed by atoms with Crippen LogP contribution in [-0.4, -0.2) is 26.9 Å². The predicted octanol–water partition coefficient (Wildman–Crippen LogP) is 3.92. The van der Waals surface area contributed by atoms with Gasteiger partial charge < -0.3 is 4.74 Å². The second-order valence-corrected chi connectivity index (χ2v) is 4.61. The normalized spacial score (nSPS) is 10.5. The fourth-order valence-corrected chi connectivity index (χ4v) is 2.17. The van der Waals surface area contributed by atoms with E-state index in [4.69, 9.17) is 16.3 Å². The van der Waals surface area contributed by atoms with Gasteiger partial charge in [-0.05, 0) is 12.1 Å². The molecular weight excluding hydrogens is 326 g/mol. The molecule has 122 valence electrons. The minimum Gasteiger partial charge on any atom is -0.377 e. The van der Waals surface area contributed by atoms with E-state index in [9.17, 15) is 8.78 Å². The zero-order valence-electron chi connectivity index (χ0n) is 12.8. The summed E-state index contributed by atoms with van der Waals surface area (Å²) in [5, 5.41) is 4.71. The maximum absolute atomic E-state index is 13.9. The summed E-state index contributed by atoms with van der Waals surface area (Å²) in [6, 6.07) is 3.20. The van der Waals surface area contributed by atoms with E-state index in [0.29, 0.717) is 16.9 Å². The van der Waals surface area contributed by atoms with E-state index in [0.717, 1.165) is 12.1 Å². The van der Waals surface area contributed by atoms with Crippen LogP contribution >= 0.6 is 11.6 Å². The Morgan fingerprint density at radius 2 is 1.96 bits per heavy atom. The highest BCUT2D eigenvalue weighted by Gasteiger charge is 2.15. The number of methoxy groups -OCH3 is 1. The number of aromatic nitrogens is 4. The molecule has 0 saturated heterocycles. The largest absolute Gasteiger partial charge is 0.377 e. The van der Waals surface area contributed by atoms with Crippen LogP contribution in [-0.2, 0) is 11.3 Å². The number of halogens is 3. The molecule has 0 atom stereocenters. The smallest absolute Gasteiger partial charge is 0.168 e.